The molecule has 0 fully saturated rings. The maximum atomic E-state index is 13.0. The van der Waals surface area contributed by atoms with Crippen molar-refractivity contribution < 1.29 is 17.6 Å². The van der Waals surface area contributed by atoms with Crippen LogP contribution in [-0.2, 0) is 11.7 Å². The van der Waals surface area contributed by atoms with Gasteiger partial charge in [-0.05, 0) is 27.7 Å². The van der Waals surface area contributed by atoms with Crippen molar-refractivity contribution in [3.05, 3.63) is 34.9 Å². The third kappa shape index (κ3) is 3.49. The van der Waals surface area contributed by atoms with Gasteiger partial charge >= 0.3 is 6.18 Å². The number of hydrogen-bond acceptors (Lipinski definition) is 8. The summed E-state index contributed by atoms with van der Waals surface area (Å²) in [4.78, 5) is 7.60. The maximum absolute atomic E-state index is 13.0. The minimum absolute atomic E-state index is 0.0582. The van der Waals surface area contributed by atoms with Crippen LogP contribution in [0, 0.1) is 20.8 Å². The second kappa shape index (κ2) is 6.46. The second-order valence-corrected chi connectivity index (χ2v) is 6.77. The molecule has 0 unspecified atom stereocenters. The van der Waals surface area contributed by atoms with Crippen molar-refractivity contribution in [3.8, 4) is 0 Å². The predicted octanol–water partition coefficient (Wildman–Crippen LogP) is 3.11. The van der Waals surface area contributed by atoms with E-state index in [1.807, 2.05) is 13.8 Å². The van der Waals surface area contributed by atoms with Crippen LogP contribution in [0.25, 0.3) is 0 Å². The summed E-state index contributed by atoms with van der Waals surface area (Å²) in [6, 6.07) is 0. The Kier molecular flexibility index (Phi) is 4.52. The number of nitrogens with zero attached hydrogens (tertiary/aromatic N) is 6. The minimum Gasteiger partial charge on any atom is -0.423 e. The minimum atomic E-state index is -4.63. The van der Waals surface area contributed by atoms with E-state index in [9.17, 15) is 13.2 Å². The molecule has 0 atom stereocenters. The zero-order valence-corrected chi connectivity index (χ0v) is 15.9. The standard InChI is InChI=1S/C16H19F3N8O/c1-7-10(6-27(26-7)15(4,5)13-25-24-9(3)28-13)22-14-21-8(2)11(12(20)23-14)16(17,18)19/h6H,1-5H3,(H3,20,21,22,23). The molecule has 0 saturated heterocycles. The molecule has 9 nitrogen and oxygen atoms in total. The number of rotatable bonds is 4. The maximum Gasteiger partial charge on any atom is 0.421 e. The van der Waals surface area contributed by atoms with Crippen molar-refractivity contribution in [2.75, 3.05) is 11.1 Å². The molecule has 3 N–H and O–H groups in total. The summed E-state index contributed by atoms with van der Waals surface area (Å²) in [7, 11) is 0. The first-order chi connectivity index (χ1) is 12.9. The summed E-state index contributed by atoms with van der Waals surface area (Å²) in [5, 5.41) is 15.1. The molecule has 0 bridgehead atoms. The number of nitrogens with two attached hydrogens (primary N) is 1. The number of nitrogen functional groups attached to an aromatic ring is 1. The fourth-order valence-corrected chi connectivity index (χ4v) is 2.63. The average molecular weight is 396 g/mol. The molecule has 3 heterocycles. The Bertz CT molecular complexity index is 998. The number of aromatic nitrogens is 6. The van der Waals surface area contributed by atoms with Crippen LogP contribution in [0.3, 0.4) is 0 Å². The van der Waals surface area contributed by atoms with Crippen molar-refractivity contribution in [1.82, 2.24) is 29.9 Å². The molecule has 0 aromatic carbocycles. The van der Waals surface area contributed by atoms with E-state index < -0.39 is 23.1 Å². The Balaban J connectivity index is 1.93. The van der Waals surface area contributed by atoms with Crippen LogP contribution in [0.4, 0.5) is 30.6 Å². The lowest BCUT2D eigenvalue weighted by Crippen LogP contribution is -2.28. The van der Waals surface area contributed by atoms with E-state index in [1.165, 1.54) is 6.92 Å². The van der Waals surface area contributed by atoms with E-state index in [2.05, 4.69) is 30.6 Å². The van der Waals surface area contributed by atoms with E-state index >= 15 is 0 Å². The summed E-state index contributed by atoms with van der Waals surface area (Å²) < 4.78 is 46.2. The van der Waals surface area contributed by atoms with Crippen LogP contribution in [0.15, 0.2) is 10.6 Å². The Morgan fingerprint density at radius 2 is 1.75 bits per heavy atom. The molecule has 12 heteroatoms. The molecule has 0 spiro atoms. The Hall–Kier alpha value is -3.18. The lowest BCUT2D eigenvalue weighted by molar-refractivity contribution is -0.137. The van der Waals surface area contributed by atoms with Crippen LogP contribution in [0.1, 0.15) is 42.6 Å². The molecule has 150 valence electrons. The fraction of sp³-hybridized carbons (Fsp3) is 0.438. The van der Waals surface area contributed by atoms with Crippen molar-refractivity contribution in [3.63, 3.8) is 0 Å². The van der Waals surface area contributed by atoms with E-state index in [0.717, 1.165) is 0 Å². The van der Waals surface area contributed by atoms with Crippen molar-refractivity contribution >= 4 is 17.5 Å². The molecule has 0 aliphatic rings. The highest BCUT2D eigenvalue weighted by molar-refractivity contribution is 5.58. The molecule has 0 amide bonds. The highest BCUT2D eigenvalue weighted by atomic mass is 19.4. The quantitative estimate of drug-likeness (QED) is 0.690. The first kappa shape index (κ1) is 19.6. The summed E-state index contributed by atoms with van der Waals surface area (Å²) in [6.45, 7) is 8.32. The number of halogens is 3. The average Bonchev–Trinajstić information content (AvgIpc) is 3.12. The molecule has 0 aliphatic carbocycles. The van der Waals surface area contributed by atoms with Gasteiger partial charge in [0.2, 0.25) is 17.7 Å². The lowest BCUT2D eigenvalue weighted by atomic mass is 10.1. The monoisotopic (exact) mass is 396 g/mol. The van der Waals surface area contributed by atoms with Gasteiger partial charge in [-0.25, -0.2) is 4.98 Å². The smallest absolute Gasteiger partial charge is 0.421 e. The van der Waals surface area contributed by atoms with Crippen LogP contribution >= 0.6 is 0 Å². The largest absolute Gasteiger partial charge is 0.423 e. The second-order valence-electron chi connectivity index (χ2n) is 6.77. The molecule has 0 aliphatic heterocycles. The van der Waals surface area contributed by atoms with E-state index in [0.29, 0.717) is 23.2 Å². The number of aryl methyl sites for hydroxylation is 3. The number of anilines is 3. The van der Waals surface area contributed by atoms with Crippen molar-refractivity contribution in [2.45, 2.75) is 46.3 Å². The molecule has 3 rings (SSSR count). The number of alkyl halides is 3. The molecule has 3 aromatic rings. The van der Waals surface area contributed by atoms with Gasteiger partial charge in [-0.3, -0.25) is 4.68 Å². The zero-order chi connectivity index (χ0) is 20.9. The van der Waals surface area contributed by atoms with Crippen molar-refractivity contribution in [2.24, 2.45) is 0 Å². The van der Waals surface area contributed by atoms with Crippen LogP contribution in [-0.4, -0.2) is 29.9 Å². The van der Waals surface area contributed by atoms with E-state index in [1.54, 1.807) is 24.7 Å². The lowest BCUT2D eigenvalue weighted by Gasteiger charge is -2.20. The Morgan fingerprint density at radius 3 is 2.29 bits per heavy atom. The fourth-order valence-electron chi connectivity index (χ4n) is 2.63. The first-order valence-electron chi connectivity index (χ1n) is 8.25. The summed E-state index contributed by atoms with van der Waals surface area (Å²) in [6.07, 6.45) is -2.97. The SMILES string of the molecule is Cc1nnc(C(C)(C)n2cc(Nc3nc(C)c(C(F)(F)F)c(N)n3)c(C)n2)o1. The Labute approximate surface area is 158 Å². The molecular weight excluding hydrogens is 377 g/mol. The van der Waals surface area contributed by atoms with E-state index in [-0.39, 0.29) is 11.6 Å². The third-order valence-corrected chi connectivity index (χ3v) is 4.17. The summed E-state index contributed by atoms with van der Waals surface area (Å²) in [5.41, 5.74) is 4.51. The molecular formula is C16H19F3N8O. The number of nitrogens with one attached hydrogen (secondary N) is 1. The predicted molar refractivity (Wildman–Crippen MR) is 93.9 cm³/mol. The van der Waals surface area contributed by atoms with Gasteiger partial charge in [0, 0.05) is 6.92 Å². The van der Waals surface area contributed by atoms with Gasteiger partial charge in [0.25, 0.3) is 0 Å². The highest BCUT2D eigenvalue weighted by Gasteiger charge is 2.37. The summed E-state index contributed by atoms with van der Waals surface area (Å²) in [5.74, 6) is 0.0885. The van der Waals surface area contributed by atoms with Gasteiger partial charge in [0.15, 0.2) is 0 Å². The van der Waals surface area contributed by atoms with E-state index in [4.69, 9.17) is 10.2 Å². The normalized spacial score (nSPS) is 12.4. The molecule has 0 radical (unpaired) electrons. The third-order valence-electron chi connectivity index (χ3n) is 4.17. The summed E-state index contributed by atoms with van der Waals surface area (Å²) >= 11 is 0. The van der Waals surface area contributed by atoms with Crippen molar-refractivity contribution in [1.29, 1.82) is 0 Å². The molecule has 0 saturated carbocycles. The topological polar surface area (TPSA) is 121 Å². The van der Waals surface area contributed by atoms with Gasteiger partial charge in [-0.15, -0.1) is 10.2 Å². The Morgan fingerprint density at radius 1 is 1.07 bits per heavy atom. The van der Waals surface area contributed by atoms with Crippen LogP contribution in [0.5, 0.6) is 0 Å². The van der Waals surface area contributed by atoms with Crippen LogP contribution in [0.2, 0.25) is 0 Å². The van der Waals surface area contributed by atoms with Crippen LogP contribution < -0.4 is 11.1 Å². The first-order valence-corrected chi connectivity index (χ1v) is 8.25. The van der Waals surface area contributed by atoms with Gasteiger partial charge in [-0.1, -0.05) is 0 Å². The highest BCUT2D eigenvalue weighted by Crippen LogP contribution is 2.35. The van der Waals surface area contributed by atoms with Gasteiger partial charge in [0.1, 0.15) is 16.9 Å². The number of hydrogen-bond donors (Lipinski definition) is 2. The van der Waals surface area contributed by atoms with Gasteiger partial charge in [0.05, 0.1) is 23.3 Å². The van der Waals surface area contributed by atoms with Gasteiger partial charge < -0.3 is 15.5 Å². The zero-order valence-electron chi connectivity index (χ0n) is 15.9. The van der Waals surface area contributed by atoms with Gasteiger partial charge in [-0.2, -0.15) is 23.3 Å². The molecule has 3 aromatic heterocycles. The molecule has 28 heavy (non-hydrogen) atoms.